The van der Waals surface area contributed by atoms with E-state index in [4.69, 9.17) is 9.15 Å². The molecule has 0 aliphatic heterocycles. The maximum absolute atomic E-state index is 12.0. The van der Waals surface area contributed by atoms with Crippen molar-refractivity contribution in [2.24, 2.45) is 4.99 Å². The molecule has 0 aliphatic carbocycles. The Labute approximate surface area is 192 Å². The summed E-state index contributed by atoms with van der Waals surface area (Å²) in [5.41, 5.74) is 2.87. The number of rotatable bonds is 7. The molecule has 3 aromatic rings. The number of carbonyl (C=O) groups excluding carboxylic acids is 1. The number of nitrogens with one attached hydrogen (secondary N) is 3. The molecular formula is C22H25IN4O3. The van der Waals surface area contributed by atoms with E-state index in [9.17, 15) is 4.79 Å². The van der Waals surface area contributed by atoms with Crippen molar-refractivity contribution in [3.8, 4) is 5.75 Å². The molecule has 0 radical (unpaired) electrons. The van der Waals surface area contributed by atoms with Gasteiger partial charge in [-0.25, -0.2) is 0 Å². The summed E-state index contributed by atoms with van der Waals surface area (Å²) in [4.78, 5) is 16.2. The van der Waals surface area contributed by atoms with Gasteiger partial charge in [-0.3, -0.25) is 9.79 Å². The average Bonchev–Trinajstić information content (AvgIpc) is 3.30. The van der Waals surface area contributed by atoms with Gasteiger partial charge in [0.2, 0.25) is 0 Å². The number of halogens is 1. The minimum atomic E-state index is -0.275. The minimum absolute atomic E-state index is 0. The van der Waals surface area contributed by atoms with Gasteiger partial charge in [0.15, 0.2) is 11.7 Å². The maximum Gasteiger partial charge on any atom is 0.291 e. The Morgan fingerprint density at radius 3 is 2.37 bits per heavy atom. The first-order chi connectivity index (χ1) is 14.2. The molecule has 0 saturated carbocycles. The molecule has 0 spiro atoms. The fourth-order valence-electron chi connectivity index (χ4n) is 2.68. The summed E-state index contributed by atoms with van der Waals surface area (Å²) in [6.45, 7) is 1.23. The highest BCUT2D eigenvalue weighted by Gasteiger charge is 2.08. The van der Waals surface area contributed by atoms with Crippen molar-refractivity contribution in [3.05, 3.63) is 83.8 Å². The quantitative estimate of drug-likeness (QED) is 0.249. The number of benzene rings is 2. The predicted octanol–water partition coefficient (Wildman–Crippen LogP) is 4.02. The van der Waals surface area contributed by atoms with E-state index < -0.39 is 0 Å². The molecular weight excluding hydrogens is 495 g/mol. The molecule has 30 heavy (non-hydrogen) atoms. The number of nitrogens with zero attached hydrogens (tertiary/aromatic N) is 1. The molecule has 2 aromatic carbocycles. The Hall–Kier alpha value is -3.01. The first-order valence-corrected chi connectivity index (χ1v) is 9.19. The van der Waals surface area contributed by atoms with Crippen LogP contribution in [0.3, 0.4) is 0 Å². The fraction of sp³-hybridized carbons (Fsp3) is 0.182. The number of hydrogen-bond donors (Lipinski definition) is 3. The summed E-state index contributed by atoms with van der Waals surface area (Å²) in [6, 6.07) is 18.8. The number of ether oxygens (including phenoxy) is 1. The third-order valence-corrected chi connectivity index (χ3v) is 4.23. The molecule has 0 bridgehead atoms. The summed E-state index contributed by atoms with van der Waals surface area (Å²) < 4.78 is 10.3. The van der Waals surface area contributed by atoms with E-state index in [-0.39, 0.29) is 35.6 Å². The average molecular weight is 520 g/mol. The second kappa shape index (κ2) is 11.9. The summed E-state index contributed by atoms with van der Waals surface area (Å²) in [5.74, 6) is 1.53. The molecule has 0 atom stereocenters. The lowest BCUT2D eigenvalue weighted by molar-refractivity contribution is 0.0996. The molecule has 158 valence electrons. The molecule has 1 amide bonds. The molecule has 8 heteroatoms. The van der Waals surface area contributed by atoms with Crippen LogP contribution in [0, 0.1) is 0 Å². The van der Waals surface area contributed by atoms with Gasteiger partial charge in [0.1, 0.15) is 5.75 Å². The maximum atomic E-state index is 12.0. The summed E-state index contributed by atoms with van der Waals surface area (Å²) in [6.07, 6.45) is 1.47. The zero-order valence-corrected chi connectivity index (χ0v) is 19.2. The Morgan fingerprint density at radius 2 is 1.73 bits per heavy atom. The topological polar surface area (TPSA) is 87.9 Å². The largest absolute Gasteiger partial charge is 0.497 e. The van der Waals surface area contributed by atoms with Crippen LogP contribution in [-0.4, -0.2) is 26.0 Å². The highest BCUT2D eigenvalue weighted by molar-refractivity contribution is 14.0. The Morgan fingerprint density at radius 1 is 1.00 bits per heavy atom. The first kappa shape index (κ1) is 23.3. The molecule has 0 unspecified atom stereocenters. The highest BCUT2D eigenvalue weighted by Crippen LogP contribution is 2.13. The number of methoxy groups -OCH3 is 1. The van der Waals surface area contributed by atoms with Crippen LogP contribution in [0.15, 0.2) is 76.3 Å². The van der Waals surface area contributed by atoms with Crippen molar-refractivity contribution in [1.82, 2.24) is 10.6 Å². The van der Waals surface area contributed by atoms with Gasteiger partial charge >= 0.3 is 0 Å². The van der Waals surface area contributed by atoms with Crippen molar-refractivity contribution >= 4 is 41.5 Å². The molecule has 7 nitrogen and oxygen atoms in total. The summed E-state index contributed by atoms with van der Waals surface area (Å²) in [7, 11) is 3.38. The smallest absolute Gasteiger partial charge is 0.291 e. The first-order valence-electron chi connectivity index (χ1n) is 9.19. The monoisotopic (exact) mass is 520 g/mol. The van der Waals surface area contributed by atoms with Gasteiger partial charge in [0.05, 0.1) is 13.4 Å². The van der Waals surface area contributed by atoms with Crippen molar-refractivity contribution in [2.75, 3.05) is 19.5 Å². The molecule has 0 saturated heterocycles. The van der Waals surface area contributed by atoms with Crippen LogP contribution < -0.4 is 20.7 Å². The van der Waals surface area contributed by atoms with Crippen molar-refractivity contribution < 1.29 is 13.9 Å². The Kier molecular flexibility index (Phi) is 9.20. The van der Waals surface area contributed by atoms with E-state index in [2.05, 4.69) is 20.9 Å². The predicted molar refractivity (Wildman–Crippen MR) is 129 cm³/mol. The van der Waals surface area contributed by atoms with Crippen molar-refractivity contribution in [1.29, 1.82) is 0 Å². The summed E-state index contributed by atoms with van der Waals surface area (Å²) >= 11 is 0. The van der Waals surface area contributed by atoms with E-state index in [1.165, 1.54) is 6.26 Å². The van der Waals surface area contributed by atoms with Crippen molar-refractivity contribution in [3.63, 3.8) is 0 Å². The lowest BCUT2D eigenvalue weighted by Crippen LogP contribution is -2.36. The molecule has 1 heterocycles. The van der Waals surface area contributed by atoms with Gasteiger partial charge in [0, 0.05) is 25.8 Å². The minimum Gasteiger partial charge on any atom is -0.497 e. The standard InChI is InChI=1S/C22H24N4O3.HI/c1-23-22(25-15-17-5-3-6-19(13-17)28-2)24-14-16-8-10-18(11-9-16)26-21(27)20-7-4-12-29-20;/h3-13H,14-15H2,1-2H3,(H,26,27)(H2,23,24,25);1H. The summed E-state index contributed by atoms with van der Waals surface area (Å²) in [5, 5.41) is 9.34. The number of anilines is 1. The van der Waals surface area contributed by atoms with Crippen LogP contribution in [0.4, 0.5) is 5.69 Å². The molecule has 3 N–H and O–H groups in total. The second-order valence-corrected chi connectivity index (χ2v) is 6.26. The lowest BCUT2D eigenvalue weighted by atomic mass is 10.2. The van der Waals surface area contributed by atoms with Gasteiger partial charge in [0.25, 0.3) is 5.91 Å². The number of amides is 1. The van der Waals surface area contributed by atoms with Gasteiger partial charge in [-0.1, -0.05) is 24.3 Å². The van der Waals surface area contributed by atoms with E-state index in [0.717, 1.165) is 16.9 Å². The zero-order chi connectivity index (χ0) is 20.5. The van der Waals surface area contributed by atoms with Crippen LogP contribution >= 0.6 is 24.0 Å². The third-order valence-electron chi connectivity index (χ3n) is 4.23. The zero-order valence-electron chi connectivity index (χ0n) is 16.8. The SMILES string of the molecule is CN=C(NCc1ccc(NC(=O)c2ccco2)cc1)NCc1cccc(OC)c1.I. The molecule has 0 aliphatic rings. The van der Waals surface area contributed by atoms with Crippen LogP contribution in [0.5, 0.6) is 5.75 Å². The molecule has 1 aromatic heterocycles. The Balaban J connectivity index is 0.00000320. The van der Waals surface area contributed by atoms with Gasteiger partial charge in [-0.2, -0.15) is 0 Å². The molecule has 0 fully saturated rings. The number of furan rings is 1. The normalized spacial score (nSPS) is 10.7. The lowest BCUT2D eigenvalue weighted by Gasteiger charge is -2.13. The van der Waals surface area contributed by atoms with E-state index >= 15 is 0 Å². The second-order valence-electron chi connectivity index (χ2n) is 6.26. The number of hydrogen-bond acceptors (Lipinski definition) is 4. The Bertz CT molecular complexity index is 957. The van der Waals surface area contributed by atoms with E-state index in [0.29, 0.717) is 24.7 Å². The number of guanidine groups is 1. The van der Waals surface area contributed by atoms with Crippen LogP contribution in [0.1, 0.15) is 21.7 Å². The van der Waals surface area contributed by atoms with Gasteiger partial charge in [-0.05, 0) is 47.5 Å². The van der Waals surface area contributed by atoms with E-state index in [1.54, 1.807) is 26.3 Å². The van der Waals surface area contributed by atoms with Crippen LogP contribution in [-0.2, 0) is 13.1 Å². The van der Waals surface area contributed by atoms with Crippen LogP contribution in [0.25, 0.3) is 0 Å². The molecule has 3 rings (SSSR count). The number of aliphatic imine (C=N–C) groups is 1. The van der Waals surface area contributed by atoms with E-state index in [1.807, 2.05) is 48.5 Å². The third kappa shape index (κ3) is 6.80. The highest BCUT2D eigenvalue weighted by atomic mass is 127. The van der Waals surface area contributed by atoms with Crippen molar-refractivity contribution in [2.45, 2.75) is 13.1 Å². The van der Waals surface area contributed by atoms with Crippen LogP contribution in [0.2, 0.25) is 0 Å². The number of carbonyl (C=O) groups is 1. The van der Waals surface area contributed by atoms with Gasteiger partial charge < -0.3 is 25.1 Å². The fourth-order valence-corrected chi connectivity index (χ4v) is 2.68. The van der Waals surface area contributed by atoms with Gasteiger partial charge in [-0.15, -0.1) is 24.0 Å².